The van der Waals surface area contributed by atoms with Crippen molar-refractivity contribution in [1.29, 1.82) is 0 Å². The highest BCUT2D eigenvalue weighted by atomic mass is 35.5. The Hall–Kier alpha value is -5.35. The summed E-state index contributed by atoms with van der Waals surface area (Å²) in [6.07, 6.45) is 0. The molecule has 0 bridgehead atoms. The number of phenols is 1. The van der Waals surface area contributed by atoms with Crippen molar-refractivity contribution < 1.29 is 44.0 Å². The van der Waals surface area contributed by atoms with Crippen LogP contribution in [0.15, 0.2) is 104 Å². The maximum absolute atomic E-state index is 12.6. The van der Waals surface area contributed by atoms with Crippen LogP contribution in [-0.4, -0.2) is 66.0 Å². The van der Waals surface area contributed by atoms with Crippen molar-refractivity contribution in [3.63, 3.8) is 0 Å². The van der Waals surface area contributed by atoms with Gasteiger partial charge in [-0.25, -0.2) is 0 Å². The molecule has 5 aromatic carbocycles. The highest BCUT2D eigenvalue weighted by molar-refractivity contribution is 7.86. The summed E-state index contributed by atoms with van der Waals surface area (Å²) >= 11 is 6.23. The second kappa shape index (κ2) is 13.9. The Morgan fingerprint density at radius 3 is 2.09 bits per heavy atom. The Kier molecular flexibility index (Phi) is 9.81. The summed E-state index contributed by atoms with van der Waals surface area (Å²) in [5, 5.41) is 21.4. The first-order valence-electron chi connectivity index (χ1n) is 15.0. The topological polar surface area (TPSA) is 262 Å². The van der Waals surface area contributed by atoms with E-state index < -0.39 is 56.5 Å². The van der Waals surface area contributed by atoms with E-state index in [9.17, 15) is 44.0 Å². The van der Waals surface area contributed by atoms with Gasteiger partial charge in [0.05, 0.1) is 11.1 Å². The van der Waals surface area contributed by atoms with E-state index >= 15 is 0 Å². The molecule has 0 amide bonds. The van der Waals surface area contributed by atoms with Gasteiger partial charge < -0.3 is 15.3 Å². The number of nitrogens with zero attached hydrogens (tertiary/aromatic N) is 6. The number of rotatable bonds is 10. The van der Waals surface area contributed by atoms with Gasteiger partial charge in [0, 0.05) is 29.8 Å². The fraction of sp³-hybridized carbons (Fsp3) is 0.0938. The second-order valence-corrected chi connectivity index (χ2v) is 16.0. The minimum Gasteiger partial charge on any atom is -0.505 e. The maximum Gasteiger partial charge on any atom is 0.297 e. The third-order valence-electron chi connectivity index (χ3n) is 7.87. The Bertz CT molecular complexity index is 2830. The van der Waals surface area contributed by atoms with E-state index in [4.69, 9.17) is 11.6 Å². The number of aromatic nitrogens is 3. The minimum atomic E-state index is -5.11. The predicted molar refractivity (Wildman–Crippen MR) is 195 cm³/mol. The lowest BCUT2D eigenvalue weighted by Gasteiger charge is -2.18. The van der Waals surface area contributed by atoms with Gasteiger partial charge in [-0.05, 0) is 60.0 Å². The molecule has 0 aliphatic rings. The predicted octanol–water partition coefficient (Wildman–Crippen LogP) is 6.38. The third kappa shape index (κ3) is 7.74. The number of aryl methyl sites for hydroxylation is 1. The van der Waals surface area contributed by atoms with Gasteiger partial charge in [-0.3, -0.25) is 13.7 Å². The molecule has 0 fully saturated rings. The zero-order valence-electron chi connectivity index (χ0n) is 27.2. The number of hydrogen-bond acceptors (Lipinski definition) is 14. The van der Waals surface area contributed by atoms with Crippen molar-refractivity contribution in [3.05, 3.63) is 95.3 Å². The number of aromatic hydroxyl groups is 1. The lowest BCUT2D eigenvalue weighted by molar-refractivity contribution is 0.480. The molecule has 53 heavy (non-hydrogen) atoms. The zero-order valence-corrected chi connectivity index (χ0v) is 30.4. The Balaban J connectivity index is 1.49. The van der Waals surface area contributed by atoms with Crippen LogP contribution in [-0.2, 0) is 36.9 Å². The fourth-order valence-electron chi connectivity index (χ4n) is 5.63. The molecular formula is C32H26ClN7O10S3. The summed E-state index contributed by atoms with van der Waals surface area (Å²) in [5.41, 5.74) is 0.297. The Morgan fingerprint density at radius 1 is 0.755 bits per heavy atom. The smallest absolute Gasteiger partial charge is 0.297 e. The summed E-state index contributed by atoms with van der Waals surface area (Å²) in [5.74, 6) is -0.623. The zero-order chi connectivity index (χ0) is 38.5. The lowest BCUT2D eigenvalue weighted by Crippen LogP contribution is -2.20. The van der Waals surface area contributed by atoms with E-state index in [-0.39, 0.29) is 55.7 Å². The van der Waals surface area contributed by atoms with E-state index in [1.165, 1.54) is 25.1 Å². The largest absolute Gasteiger partial charge is 0.505 e. The van der Waals surface area contributed by atoms with Crippen LogP contribution in [0.3, 0.4) is 0 Å². The van der Waals surface area contributed by atoms with Gasteiger partial charge in [-0.15, -0.1) is 10.2 Å². The molecule has 17 nitrogen and oxygen atoms in total. The van der Waals surface area contributed by atoms with E-state index in [0.29, 0.717) is 6.54 Å². The van der Waals surface area contributed by atoms with Gasteiger partial charge in [0.1, 0.15) is 26.1 Å². The molecule has 274 valence electrons. The fourth-order valence-corrected chi connectivity index (χ4v) is 8.00. The third-order valence-corrected chi connectivity index (χ3v) is 10.8. The molecule has 6 rings (SSSR count). The first-order valence-corrected chi connectivity index (χ1v) is 19.7. The minimum absolute atomic E-state index is 0.0161. The van der Waals surface area contributed by atoms with Crippen molar-refractivity contribution in [2.75, 3.05) is 17.3 Å². The van der Waals surface area contributed by atoms with Crippen LogP contribution in [0.4, 0.5) is 29.0 Å². The molecule has 0 aliphatic heterocycles. The number of anilines is 3. The van der Waals surface area contributed by atoms with E-state index in [1.54, 1.807) is 11.9 Å². The summed E-state index contributed by atoms with van der Waals surface area (Å²) in [6.45, 7) is 1.82. The molecule has 0 aliphatic carbocycles. The Labute approximate surface area is 306 Å². The van der Waals surface area contributed by atoms with Crippen molar-refractivity contribution in [3.8, 4) is 5.75 Å². The maximum atomic E-state index is 12.6. The number of halogens is 1. The van der Waals surface area contributed by atoms with Crippen molar-refractivity contribution in [2.24, 2.45) is 10.2 Å². The van der Waals surface area contributed by atoms with Gasteiger partial charge in [0.15, 0.2) is 5.75 Å². The van der Waals surface area contributed by atoms with Gasteiger partial charge in [0.2, 0.25) is 17.2 Å². The van der Waals surface area contributed by atoms with E-state index in [0.717, 1.165) is 35.9 Å². The number of nitrogens with one attached hydrogen (secondary N) is 1. The number of benzene rings is 5. The standard InChI is InChI=1S/C32H26ClN7O10S3/c1-17-15-21-25(52(45,46)47)14-13-22(34-31-35-30(33)36-32(37-31)40(2)16-18-7-4-3-5-8-18)26(21)28(41)27(17)39-38-23-12-11-19-20(29(23)53(48,49)50)9-6-10-24(19)51(42,43)44/h3-15,41H,16H2,1-2H3,(H,42,43,44)(H,45,46,47)(H,48,49,50)(H,34,35,36,37). The number of fused-ring (bicyclic) bond motifs is 2. The SMILES string of the molecule is Cc1cc2c(S(=O)(=O)O)ccc(Nc3nc(Cl)nc(N(C)Cc4ccccc4)n3)c2c(O)c1N=Nc1ccc2c(S(=O)(=O)O)cccc2c1S(=O)(=O)O. The highest BCUT2D eigenvalue weighted by Crippen LogP contribution is 2.45. The molecule has 6 aromatic rings. The summed E-state index contributed by atoms with van der Waals surface area (Å²) in [7, 11) is -13.0. The van der Waals surface area contributed by atoms with Crippen LogP contribution in [0, 0.1) is 6.92 Å². The Morgan fingerprint density at radius 2 is 1.43 bits per heavy atom. The van der Waals surface area contributed by atoms with Crippen molar-refractivity contribution >= 4 is 92.5 Å². The first kappa shape index (κ1) is 37.4. The molecule has 0 saturated carbocycles. The molecule has 1 heterocycles. The molecular weight excluding hydrogens is 774 g/mol. The highest BCUT2D eigenvalue weighted by Gasteiger charge is 2.25. The normalized spacial score (nSPS) is 12.5. The molecule has 0 unspecified atom stereocenters. The second-order valence-electron chi connectivity index (χ2n) is 11.5. The van der Waals surface area contributed by atoms with E-state index in [2.05, 4.69) is 30.5 Å². The van der Waals surface area contributed by atoms with Crippen LogP contribution in [0.2, 0.25) is 5.28 Å². The number of phenolic OH excluding ortho intramolecular Hbond substituents is 1. The summed E-state index contributed by atoms with van der Waals surface area (Å²) < 4.78 is 104. The van der Waals surface area contributed by atoms with Gasteiger partial charge in [0.25, 0.3) is 30.4 Å². The van der Waals surface area contributed by atoms with Gasteiger partial charge >= 0.3 is 0 Å². The summed E-state index contributed by atoms with van der Waals surface area (Å²) in [4.78, 5) is 12.3. The average molecular weight is 800 g/mol. The van der Waals surface area contributed by atoms with Crippen molar-refractivity contribution in [2.45, 2.75) is 28.2 Å². The first-order chi connectivity index (χ1) is 24.8. The van der Waals surface area contributed by atoms with E-state index in [1.807, 2.05) is 30.3 Å². The molecule has 0 spiro atoms. The van der Waals surface area contributed by atoms with Crippen LogP contribution in [0.1, 0.15) is 11.1 Å². The van der Waals surface area contributed by atoms with Crippen LogP contribution in [0.5, 0.6) is 5.75 Å². The molecule has 21 heteroatoms. The average Bonchev–Trinajstić information content (AvgIpc) is 3.06. The van der Waals surface area contributed by atoms with Crippen LogP contribution in [0.25, 0.3) is 21.5 Å². The molecule has 0 radical (unpaired) electrons. The summed E-state index contributed by atoms with van der Waals surface area (Å²) in [6, 6.07) is 18.5. The molecule has 5 N–H and O–H groups in total. The number of hydrogen-bond donors (Lipinski definition) is 5. The van der Waals surface area contributed by atoms with Crippen LogP contribution < -0.4 is 10.2 Å². The monoisotopic (exact) mass is 799 g/mol. The number of azo groups is 1. The van der Waals surface area contributed by atoms with Crippen molar-refractivity contribution in [1.82, 2.24) is 15.0 Å². The molecule has 1 aromatic heterocycles. The lowest BCUT2D eigenvalue weighted by atomic mass is 10.0. The quantitative estimate of drug-likeness (QED) is 0.0743. The van der Waals surface area contributed by atoms with Gasteiger partial charge in [-0.2, -0.15) is 40.2 Å². The molecule has 0 saturated heterocycles. The molecule has 0 atom stereocenters. The van der Waals surface area contributed by atoms with Gasteiger partial charge in [-0.1, -0.05) is 48.5 Å². The van der Waals surface area contributed by atoms with Crippen LogP contribution >= 0.6 is 11.6 Å².